The lowest BCUT2D eigenvalue weighted by molar-refractivity contribution is 0.102. The highest BCUT2D eigenvalue weighted by Crippen LogP contribution is 2.23. The van der Waals surface area contributed by atoms with E-state index in [-0.39, 0.29) is 11.3 Å². The summed E-state index contributed by atoms with van der Waals surface area (Å²) in [5.74, 6) is -0.0526. The number of para-hydroxylation sites is 1. The zero-order valence-electron chi connectivity index (χ0n) is 10.1. The Morgan fingerprint density at radius 3 is 2.83 bits per heavy atom. The van der Waals surface area contributed by atoms with Crippen LogP contribution >= 0.6 is 0 Å². The molecule has 0 atom stereocenters. The molecule has 0 saturated heterocycles. The lowest BCUT2D eigenvalue weighted by Gasteiger charge is -2.09. The topological polar surface area (TPSA) is 93.2 Å². The second kappa shape index (κ2) is 4.40. The van der Waals surface area contributed by atoms with Crippen molar-refractivity contribution >= 4 is 17.4 Å². The first-order valence-electron chi connectivity index (χ1n) is 5.38. The summed E-state index contributed by atoms with van der Waals surface area (Å²) in [7, 11) is 1.67. The molecule has 0 fully saturated rings. The second-order valence-electron chi connectivity index (χ2n) is 4.00. The number of hydrogen-bond donors (Lipinski definition) is 3. The number of rotatable bonds is 2. The summed E-state index contributed by atoms with van der Waals surface area (Å²) in [5.41, 5.74) is 6.89. The fourth-order valence-electron chi connectivity index (χ4n) is 1.62. The van der Waals surface area contributed by atoms with Crippen LogP contribution in [0.4, 0.5) is 11.5 Å². The van der Waals surface area contributed by atoms with Gasteiger partial charge in [-0.3, -0.25) is 9.48 Å². The van der Waals surface area contributed by atoms with Crippen molar-refractivity contribution in [1.29, 1.82) is 0 Å². The third-order valence-electron chi connectivity index (χ3n) is 2.68. The quantitative estimate of drug-likeness (QED) is 0.743. The zero-order chi connectivity index (χ0) is 13.3. The summed E-state index contributed by atoms with van der Waals surface area (Å²) in [5, 5.41) is 16.4. The molecule has 6 heteroatoms. The number of nitrogens with two attached hydrogens (primary N) is 1. The largest absolute Gasteiger partial charge is 0.507 e. The van der Waals surface area contributed by atoms with Crippen LogP contribution in [0.2, 0.25) is 0 Å². The third-order valence-corrected chi connectivity index (χ3v) is 2.68. The molecular formula is C12H14N4O2. The Hall–Kier alpha value is -2.50. The average molecular weight is 246 g/mol. The van der Waals surface area contributed by atoms with Crippen LogP contribution in [0, 0.1) is 6.92 Å². The number of aryl methyl sites for hydroxylation is 2. The Balaban J connectivity index is 2.31. The minimum atomic E-state index is -0.425. The molecule has 6 nitrogen and oxygen atoms in total. The molecular weight excluding hydrogens is 232 g/mol. The first-order valence-corrected chi connectivity index (χ1v) is 5.38. The first kappa shape index (κ1) is 12.0. The Bertz CT molecular complexity index is 585. The predicted octanol–water partition coefficient (Wildman–Crippen LogP) is 1.27. The number of phenolic OH excluding ortho intramolecular Hbond substituents is 1. The summed E-state index contributed by atoms with van der Waals surface area (Å²) in [4.78, 5) is 12.0. The number of carbonyl (C=O) groups is 1. The SMILES string of the molecule is Cc1cccc(C(=O)Nc2c(N)cnn2C)c1O. The maximum absolute atomic E-state index is 12.0. The molecule has 0 aliphatic carbocycles. The smallest absolute Gasteiger partial charge is 0.260 e. The summed E-state index contributed by atoms with van der Waals surface area (Å²) in [6.07, 6.45) is 1.45. The first-order chi connectivity index (χ1) is 8.50. The van der Waals surface area contributed by atoms with E-state index in [4.69, 9.17) is 5.73 Å². The fraction of sp³-hybridized carbons (Fsp3) is 0.167. The van der Waals surface area contributed by atoms with Gasteiger partial charge in [0.1, 0.15) is 5.75 Å². The number of anilines is 2. The van der Waals surface area contributed by atoms with E-state index < -0.39 is 5.91 Å². The standard InChI is InChI=1S/C12H14N4O2/c1-7-4-3-5-8(10(7)17)12(18)15-11-9(13)6-14-16(11)2/h3-6,17H,13H2,1-2H3,(H,15,18). The van der Waals surface area contributed by atoms with Gasteiger partial charge in [-0.2, -0.15) is 5.10 Å². The van der Waals surface area contributed by atoms with Gasteiger partial charge in [-0.05, 0) is 18.6 Å². The van der Waals surface area contributed by atoms with E-state index in [2.05, 4.69) is 10.4 Å². The molecule has 1 aromatic heterocycles. The fourth-order valence-corrected chi connectivity index (χ4v) is 1.62. The molecule has 0 unspecified atom stereocenters. The molecule has 2 aromatic rings. The molecule has 1 amide bonds. The summed E-state index contributed by atoms with van der Waals surface area (Å²) in [6.45, 7) is 1.73. The zero-order valence-corrected chi connectivity index (χ0v) is 10.1. The third kappa shape index (κ3) is 2.00. The Labute approximate surface area is 104 Å². The van der Waals surface area contributed by atoms with Crippen molar-refractivity contribution in [2.24, 2.45) is 7.05 Å². The molecule has 1 heterocycles. The average Bonchev–Trinajstić information content (AvgIpc) is 2.64. The number of nitrogens with one attached hydrogen (secondary N) is 1. The number of carbonyl (C=O) groups excluding carboxylic acids is 1. The van der Waals surface area contributed by atoms with E-state index in [1.54, 1.807) is 32.2 Å². The molecule has 0 radical (unpaired) electrons. The predicted molar refractivity (Wildman–Crippen MR) is 68.4 cm³/mol. The van der Waals surface area contributed by atoms with Gasteiger partial charge in [0.15, 0.2) is 5.82 Å². The Morgan fingerprint density at radius 2 is 2.22 bits per heavy atom. The van der Waals surface area contributed by atoms with Gasteiger partial charge >= 0.3 is 0 Å². The second-order valence-corrected chi connectivity index (χ2v) is 4.00. The number of nitrogens with zero attached hydrogens (tertiary/aromatic N) is 2. The molecule has 0 spiro atoms. The molecule has 4 N–H and O–H groups in total. The van der Waals surface area contributed by atoms with Crippen molar-refractivity contribution < 1.29 is 9.90 Å². The Kier molecular flexibility index (Phi) is 2.93. The van der Waals surface area contributed by atoms with E-state index in [9.17, 15) is 9.90 Å². The van der Waals surface area contributed by atoms with Gasteiger partial charge in [0, 0.05) is 7.05 Å². The van der Waals surface area contributed by atoms with Gasteiger partial charge < -0.3 is 16.2 Å². The number of phenols is 1. The normalized spacial score (nSPS) is 10.3. The number of aromatic nitrogens is 2. The van der Waals surface area contributed by atoms with Gasteiger partial charge in [0.25, 0.3) is 5.91 Å². The number of amides is 1. The molecule has 18 heavy (non-hydrogen) atoms. The number of aromatic hydroxyl groups is 1. The van der Waals surface area contributed by atoms with Crippen LogP contribution in [0.1, 0.15) is 15.9 Å². The lowest BCUT2D eigenvalue weighted by Crippen LogP contribution is -2.16. The van der Waals surface area contributed by atoms with Crippen LogP contribution in [0.3, 0.4) is 0 Å². The maximum Gasteiger partial charge on any atom is 0.260 e. The molecule has 0 bridgehead atoms. The van der Waals surface area contributed by atoms with Crippen LogP contribution in [0.25, 0.3) is 0 Å². The minimum absolute atomic E-state index is 0.0317. The van der Waals surface area contributed by atoms with Crippen LogP contribution in [-0.2, 0) is 7.05 Å². The Morgan fingerprint density at radius 1 is 1.50 bits per heavy atom. The lowest BCUT2D eigenvalue weighted by atomic mass is 10.1. The van der Waals surface area contributed by atoms with E-state index >= 15 is 0 Å². The number of benzene rings is 1. The molecule has 94 valence electrons. The van der Waals surface area contributed by atoms with Crippen LogP contribution in [-0.4, -0.2) is 20.8 Å². The molecule has 0 saturated carbocycles. The summed E-state index contributed by atoms with van der Waals surface area (Å²) >= 11 is 0. The molecule has 2 rings (SSSR count). The van der Waals surface area contributed by atoms with Gasteiger partial charge in [-0.15, -0.1) is 0 Å². The van der Waals surface area contributed by atoms with Crippen molar-refractivity contribution in [3.8, 4) is 5.75 Å². The van der Waals surface area contributed by atoms with Crippen molar-refractivity contribution in [2.75, 3.05) is 11.1 Å². The van der Waals surface area contributed by atoms with Gasteiger partial charge in [-0.1, -0.05) is 12.1 Å². The van der Waals surface area contributed by atoms with Gasteiger partial charge in [0.05, 0.1) is 17.4 Å². The van der Waals surface area contributed by atoms with Crippen LogP contribution < -0.4 is 11.1 Å². The van der Waals surface area contributed by atoms with Gasteiger partial charge in [0.2, 0.25) is 0 Å². The molecule has 0 aliphatic heterocycles. The summed E-state index contributed by atoms with van der Waals surface area (Å²) in [6, 6.07) is 4.98. The highest BCUT2D eigenvalue weighted by Gasteiger charge is 2.15. The van der Waals surface area contributed by atoms with E-state index in [0.29, 0.717) is 17.1 Å². The minimum Gasteiger partial charge on any atom is -0.507 e. The van der Waals surface area contributed by atoms with E-state index in [1.165, 1.54) is 10.9 Å². The monoisotopic (exact) mass is 246 g/mol. The molecule has 0 aliphatic rings. The maximum atomic E-state index is 12.0. The van der Waals surface area contributed by atoms with Gasteiger partial charge in [-0.25, -0.2) is 0 Å². The van der Waals surface area contributed by atoms with E-state index in [0.717, 1.165) is 0 Å². The van der Waals surface area contributed by atoms with E-state index in [1.807, 2.05) is 0 Å². The van der Waals surface area contributed by atoms with Crippen LogP contribution in [0.5, 0.6) is 5.75 Å². The van der Waals surface area contributed by atoms with Crippen molar-refractivity contribution in [3.63, 3.8) is 0 Å². The highest BCUT2D eigenvalue weighted by atomic mass is 16.3. The van der Waals surface area contributed by atoms with Crippen molar-refractivity contribution in [1.82, 2.24) is 9.78 Å². The summed E-state index contributed by atoms with van der Waals surface area (Å²) < 4.78 is 1.46. The molecule has 1 aromatic carbocycles. The van der Waals surface area contributed by atoms with Crippen molar-refractivity contribution in [2.45, 2.75) is 6.92 Å². The number of nitrogen functional groups attached to an aromatic ring is 1. The number of hydrogen-bond acceptors (Lipinski definition) is 4. The van der Waals surface area contributed by atoms with Crippen LogP contribution in [0.15, 0.2) is 24.4 Å². The highest BCUT2D eigenvalue weighted by molar-refractivity contribution is 6.07. The van der Waals surface area contributed by atoms with Crippen molar-refractivity contribution in [3.05, 3.63) is 35.5 Å².